The summed E-state index contributed by atoms with van der Waals surface area (Å²) < 4.78 is 15.3. The average molecular weight is 403 g/mol. The number of hydrogen-bond acceptors (Lipinski definition) is 8. The molecule has 0 spiro atoms. The highest BCUT2D eigenvalue weighted by Crippen LogP contribution is 2.40. The number of aryl methyl sites for hydroxylation is 2. The molecule has 0 aliphatic carbocycles. The maximum absolute atomic E-state index is 12.5. The molecule has 148 valence electrons. The van der Waals surface area contributed by atoms with E-state index >= 15 is 0 Å². The molecule has 0 bridgehead atoms. The summed E-state index contributed by atoms with van der Waals surface area (Å²) in [5.74, 6) is -1.25. The van der Waals surface area contributed by atoms with E-state index in [1.807, 2.05) is 38.1 Å². The number of nitrogens with zero attached hydrogens (tertiary/aromatic N) is 2. The second kappa shape index (κ2) is 8.49. The van der Waals surface area contributed by atoms with E-state index in [0.29, 0.717) is 5.69 Å². The lowest BCUT2D eigenvalue weighted by Gasteiger charge is -2.32. The van der Waals surface area contributed by atoms with Gasteiger partial charge in [0.1, 0.15) is 12.4 Å². The van der Waals surface area contributed by atoms with Gasteiger partial charge in [0, 0.05) is 10.6 Å². The number of carbonyl (C=O) groups excluding carboxylic acids is 2. The second-order valence-corrected chi connectivity index (χ2v) is 7.10. The molecule has 0 saturated heterocycles. The van der Waals surface area contributed by atoms with Gasteiger partial charge in [0.05, 0.1) is 42.7 Å². The van der Waals surface area contributed by atoms with Gasteiger partial charge in [-0.1, -0.05) is 23.9 Å². The van der Waals surface area contributed by atoms with Gasteiger partial charge >= 0.3 is 11.9 Å². The predicted octanol–water partition coefficient (Wildman–Crippen LogP) is 2.57. The fourth-order valence-electron chi connectivity index (χ4n) is 2.90. The number of esters is 2. The summed E-state index contributed by atoms with van der Waals surface area (Å²) in [5, 5.41) is 7.20. The summed E-state index contributed by atoms with van der Waals surface area (Å²) in [5.41, 5.74) is 2.79. The van der Waals surface area contributed by atoms with Gasteiger partial charge in [0.25, 0.3) is 0 Å². The van der Waals surface area contributed by atoms with Crippen LogP contribution < -0.4 is 4.90 Å². The fourth-order valence-corrected chi connectivity index (χ4v) is 3.94. The summed E-state index contributed by atoms with van der Waals surface area (Å²) in [7, 11) is 2.54. The van der Waals surface area contributed by atoms with Crippen LogP contribution in [-0.4, -0.2) is 49.7 Å². The standard InChI is InChI=1S/C19H21N3O5S/c1-11-17(12(2)21-20-11)28-15-8-6-5-7-14(15)22-10-27-9-13(18(23)25-3)16(22)19(24)26-4/h5-8H,9-10H2,1-4H3,(H,20,21). The monoisotopic (exact) mass is 403 g/mol. The van der Waals surface area contributed by atoms with Gasteiger partial charge in [-0.25, -0.2) is 9.59 Å². The smallest absolute Gasteiger partial charge is 0.355 e. The van der Waals surface area contributed by atoms with Gasteiger partial charge < -0.3 is 19.1 Å². The van der Waals surface area contributed by atoms with Crippen molar-refractivity contribution in [3.05, 3.63) is 46.9 Å². The van der Waals surface area contributed by atoms with Gasteiger partial charge in [-0.2, -0.15) is 5.10 Å². The summed E-state index contributed by atoms with van der Waals surface area (Å²) in [4.78, 5) is 28.2. The highest BCUT2D eigenvalue weighted by molar-refractivity contribution is 7.99. The van der Waals surface area contributed by atoms with Crippen LogP contribution in [0, 0.1) is 13.8 Å². The first-order chi connectivity index (χ1) is 13.5. The number of nitrogens with one attached hydrogen (secondary N) is 1. The van der Waals surface area contributed by atoms with E-state index in [9.17, 15) is 9.59 Å². The fraction of sp³-hybridized carbons (Fsp3) is 0.316. The number of anilines is 1. The first-order valence-corrected chi connectivity index (χ1v) is 9.33. The second-order valence-electron chi connectivity index (χ2n) is 6.05. The van der Waals surface area contributed by atoms with E-state index in [2.05, 4.69) is 10.2 Å². The van der Waals surface area contributed by atoms with Crippen LogP contribution in [0.2, 0.25) is 0 Å². The van der Waals surface area contributed by atoms with Crippen LogP contribution in [0.15, 0.2) is 45.3 Å². The lowest BCUT2D eigenvalue weighted by molar-refractivity contribution is -0.140. The van der Waals surface area contributed by atoms with E-state index in [1.165, 1.54) is 26.0 Å². The van der Waals surface area contributed by atoms with E-state index < -0.39 is 11.9 Å². The highest BCUT2D eigenvalue weighted by Gasteiger charge is 2.33. The Balaban J connectivity index is 2.09. The molecule has 2 heterocycles. The zero-order chi connectivity index (χ0) is 20.3. The zero-order valence-electron chi connectivity index (χ0n) is 16.1. The molecule has 8 nitrogen and oxygen atoms in total. The summed E-state index contributed by atoms with van der Waals surface area (Å²) in [6.45, 7) is 3.95. The normalized spacial score (nSPS) is 14.2. The lowest BCUT2D eigenvalue weighted by Crippen LogP contribution is -2.39. The molecule has 2 aromatic rings. The maximum Gasteiger partial charge on any atom is 0.355 e. The number of H-pyrrole nitrogens is 1. The van der Waals surface area contributed by atoms with Crippen LogP contribution >= 0.6 is 11.8 Å². The van der Waals surface area contributed by atoms with Gasteiger partial charge in [0.15, 0.2) is 0 Å². The summed E-state index contributed by atoms with van der Waals surface area (Å²) >= 11 is 1.52. The lowest BCUT2D eigenvalue weighted by atomic mass is 10.1. The molecule has 9 heteroatoms. The Morgan fingerprint density at radius 3 is 2.54 bits per heavy atom. The SMILES string of the molecule is COC(=O)C1=C(C(=O)OC)N(c2ccccc2Sc2c(C)n[nH]c2C)COC1. The minimum absolute atomic E-state index is 0.0249. The van der Waals surface area contributed by atoms with Crippen LogP contribution in [0.3, 0.4) is 0 Å². The van der Waals surface area contributed by atoms with Crippen molar-refractivity contribution in [2.45, 2.75) is 23.6 Å². The molecule has 0 unspecified atom stereocenters. The third-order valence-electron chi connectivity index (χ3n) is 4.26. The van der Waals surface area contributed by atoms with Crippen LogP contribution in [0.1, 0.15) is 11.4 Å². The Morgan fingerprint density at radius 1 is 1.18 bits per heavy atom. The van der Waals surface area contributed by atoms with Gasteiger partial charge in [0.2, 0.25) is 0 Å². The largest absolute Gasteiger partial charge is 0.466 e. The molecular formula is C19H21N3O5S. The van der Waals surface area contributed by atoms with Crippen molar-refractivity contribution in [3.8, 4) is 0 Å². The van der Waals surface area contributed by atoms with Crippen molar-refractivity contribution >= 4 is 29.4 Å². The van der Waals surface area contributed by atoms with E-state index in [-0.39, 0.29) is 24.6 Å². The molecule has 1 aromatic heterocycles. The molecule has 0 atom stereocenters. The molecule has 0 radical (unpaired) electrons. The molecule has 1 N–H and O–H groups in total. The van der Waals surface area contributed by atoms with Gasteiger partial charge in [-0.3, -0.25) is 5.10 Å². The van der Waals surface area contributed by atoms with Crippen LogP contribution in [0.5, 0.6) is 0 Å². The third-order valence-corrected chi connectivity index (χ3v) is 5.63. The Labute approximate surface area is 166 Å². The highest BCUT2D eigenvalue weighted by atomic mass is 32.2. The number of aromatic nitrogens is 2. The minimum Gasteiger partial charge on any atom is -0.466 e. The number of para-hydroxylation sites is 1. The molecule has 0 amide bonds. The molecule has 28 heavy (non-hydrogen) atoms. The van der Waals surface area contributed by atoms with Crippen LogP contribution in [0.25, 0.3) is 0 Å². The van der Waals surface area contributed by atoms with Crippen molar-refractivity contribution in [1.29, 1.82) is 0 Å². The zero-order valence-corrected chi connectivity index (χ0v) is 16.9. The number of methoxy groups -OCH3 is 2. The predicted molar refractivity (Wildman–Crippen MR) is 103 cm³/mol. The third kappa shape index (κ3) is 3.76. The molecular weight excluding hydrogens is 382 g/mol. The number of ether oxygens (including phenoxy) is 3. The number of rotatable bonds is 5. The average Bonchev–Trinajstić information content (AvgIpc) is 3.04. The summed E-state index contributed by atoms with van der Waals surface area (Å²) in [6.07, 6.45) is 0. The first-order valence-electron chi connectivity index (χ1n) is 8.51. The topological polar surface area (TPSA) is 93.8 Å². The van der Waals surface area contributed by atoms with Crippen molar-refractivity contribution in [2.75, 3.05) is 32.5 Å². The van der Waals surface area contributed by atoms with E-state index in [1.54, 1.807) is 4.90 Å². The van der Waals surface area contributed by atoms with Gasteiger partial charge in [-0.05, 0) is 26.0 Å². The van der Waals surface area contributed by atoms with Crippen molar-refractivity contribution < 1.29 is 23.8 Å². The molecule has 0 fully saturated rings. The molecule has 1 aliphatic rings. The Hall–Kier alpha value is -2.78. The Kier molecular flexibility index (Phi) is 6.05. The molecule has 3 rings (SSSR count). The number of hydrogen-bond donors (Lipinski definition) is 1. The van der Waals surface area contributed by atoms with Crippen LogP contribution in [0.4, 0.5) is 5.69 Å². The number of aromatic amines is 1. The van der Waals surface area contributed by atoms with Crippen molar-refractivity contribution in [1.82, 2.24) is 10.2 Å². The van der Waals surface area contributed by atoms with Crippen molar-refractivity contribution in [2.24, 2.45) is 0 Å². The quantitative estimate of drug-likeness (QED) is 0.762. The number of benzene rings is 1. The minimum atomic E-state index is -0.628. The Morgan fingerprint density at radius 2 is 1.89 bits per heavy atom. The summed E-state index contributed by atoms with van der Waals surface area (Å²) in [6, 6.07) is 7.56. The van der Waals surface area contributed by atoms with Crippen molar-refractivity contribution in [3.63, 3.8) is 0 Å². The van der Waals surface area contributed by atoms with E-state index in [4.69, 9.17) is 14.2 Å². The molecule has 1 aromatic carbocycles. The molecule has 1 aliphatic heterocycles. The Bertz CT molecular complexity index is 918. The maximum atomic E-state index is 12.5. The molecule has 0 saturated carbocycles. The van der Waals surface area contributed by atoms with Crippen LogP contribution in [-0.2, 0) is 23.8 Å². The first kappa shape index (κ1) is 20.0. The van der Waals surface area contributed by atoms with E-state index in [0.717, 1.165) is 21.2 Å². The number of carbonyl (C=O) groups is 2. The van der Waals surface area contributed by atoms with Gasteiger partial charge in [-0.15, -0.1) is 0 Å².